The summed E-state index contributed by atoms with van der Waals surface area (Å²) in [5, 5.41) is 0. The largest absolute Gasteiger partial charge is 0.308 e. The Bertz CT molecular complexity index is 2080. The minimum absolute atomic E-state index is 0.00648. The molecule has 0 unspecified atom stereocenters. The molecule has 0 saturated carbocycles. The number of benzene rings is 2. The molecule has 4 rings (SSSR count). The van der Waals surface area contributed by atoms with Crippen molar-refractivity contribution in [2.24, 2.45) is 11.8 Å². The fourth-order valence-corrected chi connectivity index (χ4v) is 18.1. The first kappa shape index (κ1) is 92.5. The second-order valence-electron chi connectivity index (χ2n) is 33.4. The summed E-state index contributed by atoms with van der Waals surface area (Å²) in [7, 11) is 0. The summed E-state index contributed by atoms with van der Waals surface area (Å²) < 4.78 is 1.96. The fourth-order valence-electron chi connectivity index (χ4n) is 17.4. The van der Waals surface area contributed by atoms with Gasteiger partial charge in [-0.15, -0.1) is 0 Å². The molecule has 0 spiro atoms. The topological polar surface area (TPSA) is 40.6 Å². The Labute approximate surface area is 652 Å². The van der Waals surface area contributed by atoms with Gasteiger partial charge in [0, 0.05) is 33.2 Å². The van der Waals surface area contributed by atoms with Crippen LogP contribution in [0, 0.1) is 11.8 Å². The Kier molecular flexibility index (Phi) is 59.9. The molecule has 2 aliphatic rings. The zero-order chi connectivity index (χ0) is 72.7. The molecule has 2 amide bonds. The van der Waals surface area contributed by atoms with E-state index in [-0.39, 0.29) is 11.8 Å². The Morgan fingerprint density at radius 3 is 0.588 bits per heavy atom. The van der Waals surface area contributed by atoms with Gasteiger partial charge in [-0.25, -0.2) is 0 Å². The van der Waals surface area contributed by atoms with Crippen molar-refractivity contribution in [1.29, 1.82) is 0 Å². The van der Waals surface area contributed by atoms with Gasteiger partial charge in [0.05, 0.1) is 22.5 Å². The number of hydrogen-bond acceptors (Lipinski definition) is 2. The van der Waals surface area contributed by atoms with E-state index in [1.807, 2.05) is 0 Å². The average Bonchev–Trinajstić information content (AvgIpc) is 1.58. The molecule has 0 atom stereocenters. The molecule has 0 aromatic heterocycles. The van der Waals surface area contributed by atoms with Crippen LogP contribution in [-0.4, -0.2) is 24.9 Å². The number of hydrogen-bond donors (Lipinski definition) is 0. The molecule has 6 heteroatoms. The molecule has 0 aliphatic carbocycles. The molecular formula is C96H168Br2N2O2. The van der Waals surface area contributed by atoms with Gasteiger partial charge in [0.15, 0.2) is 0 Å². The first-order valence-corrected chi connectivity index (χ1v) is 47.9. The van der Waals surface area contributed by atoms with Crippen LogP contribution in [0.2, 0.25) is 0 Å². The van der Waals surface area contributed by atoms with Crippen molar-refractivity contribution >= 4 is 66.2 Å². The van der Waals surface area contributed by atoms with Crippen molar-refractivity contribution in [3.8, 4) is 0 Å². The zero-order valence-electron chi connectivity index (χ0n) is 68.4. The van der Waals surface area contributed by atoms with Crippen LogP contribution in [0.1, 0.15) is 501 Å². The third-order valence-corrected chi connectivity index (χ3v) is 25.0. The number of nitrogens with zero attached hydrogens (tertiary/aromatic N) is 2. The summed E-state index contributed by atoms with van der Waals surface area (Å²) in [4.78, 5) is 34.7. The van der Waals surface area contributed by atoms with Crippen molar-refractivity contribution in [2.45, 2.75) is 490 Å². The predicted octanol–water partition coefficient (Wildman–Crippen LogP) is 34.2. The van der Waals surface area contributed by atoms with E-state index in [0.717, 1.165) is 44.3 Å². The molecule has 0 bridgehead atoms. The Hall–Kier alpha value is -1.92. The normalized spacial score (nSPS) is 13.8. The summed E-state index contributed by atoms with van der Waals surface area (Å²) in [6.07, 6.45) is 99.9. The summed E-state index contributed by atoms with van der Waals surface area (Å²) >= 11 is 7.64. The van der Waals surface area contributed by atoms with E-state index in [0.29, 0.717) is 36.1 Å². The lowest BCUT2D eigenvalue weighted by Gasteiger charge is -2.21. The molecular weight excluding hydrogens is 1370 g/mol. The van der Waals surface area contributed by atoms with Crippen molar-refractivity contribution in [3.63, 3.8) is 0 Å². The van der Waals surface area contributed by atoms with Crippen LogP contribution in [0.15, 0.2) is 45.3 Å². The van der Waals surface area contributed by atoms with E-state index in [1.54, 1.807) is 0 Å². The number of carbonyl (C=O) groups is 2. The number of unbranched alkanes of at least 4 members (excludes halogenated alkanes) is 60. The minimum atomic E-state index is 0.00648. The van der Waals surface area contributed by atoms with Crippen molar-refractivity contribution < 1.29 is 9.59 Å². The molecule has 0 radical (unpaired) electrons. The lowest BCUT2D eigenvalue weighted by atomic mass is 9.90. The average molecular weight is 1540 g/mol. The molecule has 0 N–H and O–H groups in total. The van der Waals surface area contributed by atoms with E-state index in [9.17, 15) is 0 Å². The van der Waals surface area contributed by atoms with Gasteiger partial charge in [-0.1, -0.05) is 508 Å². The summed E-state index contributed by atoms with van der Waals surface area (Å²) in [5.74, 6) is 1.43. The number of anilines is 2. The molecule has 2 aliphatic heterocycles. The van der Waals surface area contributed by atoms with E-state index < -0.39 is 0 Å². The van der Waals surface area contributed by atoms with Gasteiger partial charge in [0.25, 0.3) is 11.8 Å². The van der Waals surface area contributed by atoms with Crippen molar-refractivity contribution in [3.05, 3.63) is 56.5 Å². The van der Waals surface area contributed by atoms with E-state index in [1.165, 1.54) is 449 Å². The minimum Gasteiger partial charge on any atom is -0.308 e. The summed E-state index contributed by atoms with van der Waals surface area (Å²) in [6.45, 7) is 10.6. The molecule has 102 heavy (non-hydrogen) atoms. The van der Waals surface area contributed by atoms with Crippen LogP contribution >= 0.6 is 31.9 Å². The smallest absolute Gasteiger partial charge is 0.259 e. The van der Waals surface area contributed by atoms with Crippen LogP contribution in [0.4, 0.5) is 11.4 Å². The maximum absolute atomic E-state index is 15.3. The van der Waals surface area contributed by atoms with Crippen molar-refractivity contribution in [1.82, 2.24) is 0 Å². The number of amides is 2. The van der Waals surface area contributed by atoms with Gasteiger partial charge in [-0.05, 0) is 61.8 Å². The molecule has 0 fully saturated rings. The highest BCUT2D eigenvalue weighted by Crippen LogP contribution is 2.48. The monoisotopic (exact) mass is 1540 g/mol. The Balaban J connectivity index is 1.32. The van der Waals surface area contributed by atoms with Gasteiger partial charge < -0.3 is 9.80 Å². The van der Waals surface area contributed by atoms with E-state index in [2.05, 4.69) is 106 Å². The van der Waals surface area contributed by atoms with Gasteiger partial charge in [0.2, 0.25) is 0 Å². The zero-order valence-corrected chi connectivity index (χ0v) is 71.6. The van der Waals surface area contributed by atoms with Crippen LogP contribution in [0.5, 0.6) is 0 Å². The molecule has 2 aromatic rings. The molecule has 0 saturated heterocycles. The van der Waals surface area contributed by atoms with E-state index >= 15 is 9.59 Å². The van der Waals surface area contributed by atoms with Crippen molar-refractivity contribution in [2.75, 3.05) is 22.9 Å². The number of carbonyl (C=O) groups excluding carboxylic acids is 2. The highest BCUT2D eigenvalue weighted by atomic mass is 79.9. The first-order valence-electron chi connectivity index (χ1n) is 46.3. The number of halogens is 2. The number of rotatable bonds is 76. The maximum Gasteiger partial charge on any atom is 0.259 e. The lowest BCUT2D eigenvalue weighted by molar-refractivity contribution is -0.114. The van der Waals surface area contributed by atoms with Crippen LogP contribution in [0.3, 0.4) is 0 Å². The van der Waals surface area contributed by atoms with E-state index in [4.69, 9.17) is 0 Å². The first-order chi connectivity index (χ1) is 50.3. The van der Waals surface area contributed by atoms with Gasteiger partial charge in [0.1, 0.15) is 0 Å². The third-order valence-electron chi connectivity index (χ3n) is 24.1. The van der Waals surface area contributed by atoms with Crippen LogP contribution < -0.4 is 9.80 Å². The Morgan fingerprint density at radius 2 is 0.402 bits per heavy atom. The Morgan fingerprint density at radius 1 is 0.235 bits per heavy atom. The van der Waals surface area contributed by atoms with Gasteiger partial charge in [-0.2, -0.15) is 0 Å². The third kappa shape index (κ3) is 44.5. The SMILES string of the molecule is CCCCCCCCCCCCCCCCCCC(CCCCCCCCCCCCCCCCCC)CCCN1C(=O)C(=C2C(=O)N(CCCC(CCCCCCCCCCCCCCCCCC)CCCCCCCCCCCCCCCCCC)c3cc(Br)ccc32)c2ccc(Br)cc21. The summed E-state index contributed by atoms with van der Waals surface area (Å²) in [6, 6.07) is 12.6. The van der Waals surface area contributed by atoms with Gasteiger partial charge >= 0.3 is 0 Å². The van der Waals surface area contributed by atoms with Gasteiger partial charge in [-0.3, -0.25) is 9.59 Å². The maximum atomic E-state index is 15.3. The standard InChI is InChI=1S/C96H168Br2N2O2/c1-5-9-13-17-21-25-29-33-37-41-45-49-53-57-61-65-71-85(72-66-62-58-54-50-46-42-38-34-30-26-22-18-14-10-6-2)75-69-81-99-91-83-87(97)77-79-89(91)93(95(99)101)94-90-80-78-88(98)84-92(90)100(96(94)102)82-70-76-86(73-67-63-59-55-51-47-43-39-35-31-27-23-19-15-11-7-3)74-68-64-60-56-52-48-44-40-36-32-28-24-20-16-12-8-4/h77-80,83-86H,5-76,81-82H2,1-4H3. The predicted molar refractivity (Wildman–Crippen MR) is 462 cm³/mol. The van der Waals surface area contributed by atoms with Crippen LogP contribution in [-0.2, 0) is 9.59 Å². The lowest BCUT2D eigenvalue weighted by Crippen LogP contribution is -2.30. The quantitative estimate of drug-likeness (QED) is 0.0489. The fraction of sp³-hybridized carbons (Fsp3) is 0.833. The molecule has 588 valence electrons. The second kappa shape index (κ2) is 66.1. The summed E-state index contributed by atoms with van der Waals surface area (Å²) in [5.41, 5.74) is 4.96. The molecule has 2 heterocycles. The molecule has 4 nitrogen and oxygen atoms in total. The second-order valence-corrected chi connectivity index (χ2v) is 35.2. The number of fused-ring (bicyclic) bond motifs is 2. The highest BCUT2D eigenvalue weighted by molar-refractivity contribution is 9.10. The molecule has 2 aromatic carbocycles. The van der Waals surface area contributed by atoms with Crippen LogP contribution in [0.25, 0.3) is 11.1 Å². The highest BCUT2D eigenvalue weighted by Gasteiger charge is 2.42.